The summed E-state index contributed by atoms with van der Waals surface area (Å²) in [5.74, 6) is -0.412. The van der Waals surface area contributed by atoms with Gasteiger partial charge in [-0.2, -0.15) is 0 Å². The number of amides is 2. The van der Waals surface area contributed by atoms with Crippen molar-refractivity contribution >= 4 is 11.8 Å². The third-order valence-electron chi connectivity index (χ3n) is 3.64. The SMILES string of the molecule is CCC1NC(=O)CN(CCc2ccc(F)cc2C)C1=O. The lowest BCUT2D eigenvalue weighted by molar-refractivity contribution is -0.144. The van der Waals surface area contributed by atoms with E-state index in [9.17, 15) is 14.0 Å². The van der Waals surface area contributed by atoms with E-state index in [-0.39, 0.29) is 24.2 Å². The number of halogens is 1. The Balaban J connectivity index is 2.02. The molecule has 0 bridgehead atoms. The van der Waals surface area contributed by atoms with Crippen LogP contribution in [0.15, 0.2) is 18.2 Å². The highest BCUT2D eigenvalue weighted by molar-refractivity contribution is 5.94. The third kappa shape index (κ3) is 3.15. The fourth-order valence-electron chi connectivity index (χ4n) is 2.43. The van der Waals surface area contributed by atoms with Gasteiger partial charge in [0.15, 0.2) is 0 Å². The third-order valence-corrected chi connectivity index (χ3v) is 3.64. The summed E-state index contributed by atoms with van der Waals surface area (Å²) in [6, 6.07) is 4.22. The van der Waals surface area contributed by atoms with E-state index in [0.717, 1.165) is 11.1 Å². The lowest BCUT2D eigenvalue weighted by Crippen LogP contribution is -2.58. The smallest absolute Gasteiger partial charge is 0.245 e. The van der Waals surface area contributed by atoms with Gasteiger partial charge < -0.3 is 10.2 Å². The van der Waals surface area contributed by atoms with Crippen molar-refractivity contribution in [2.45, 2.75) is 32.7 Å². The molecule has 1 aromatic carbocycles. The van der Waals surface area contributed by atoms with Gasteiger partial charge in [0.2, 0.25) is 11.8 Å². The number of rotatable bonds is 4. The molecule has 1 unspecified atom stereocenters. The average Bonchev–Trinajstić information content (AvgIpc) is 2.41. The van der Waals surface area contributed by atoms with Crippen LogP contribution in [0.1, 0.15) is 24.5 Å². The first kappa shape index (κ1) is 14.5. The molecule has 1 N–H and O–H groups in total. The molecule has 2 rings (SSSR count). The molecule has 1 atom stereocenters. The molecule has 4 nitrogen and oxygen atoms in total. The summed E-state index contributed by atoms with van der Waals surface area (Å²) >= 11 is 0. The van der Waals surface area contributed by atoms with Crippen molar-refractivity contribution in [1.82, 2.24) is 10.2 Å². The topological polar surface area (TPSA) is 49.4 Å². The largest absolute Gasteiger partial charge is 0.343 e. The van der Waals surface area contributed by atoms with Crippen molar-refractivity contribution in [2.75, 3.05) is 13.1 Å². The van der Waals surface area contributed by atoms with E-state index >= 15 is 0 Å². The molecule has 0 radical (unpaired) electrons. The monoisotopic (exact) mass is 278 g/mol. The van der Waals surface area contributed by atoms with Crippen LogP contribution in [-0.4, -0.2) is 35.8 Å². The van der Waals surface area contributed by atoms with Crippen LogP contribution in [0, 0.1) is 12.7 Å². The second kappa shape index (κ2) is 6.03. The lowest BCUT2D eigenvalue weighted by atomic mass is 10.0. The highest BCUT2D eigenvalue weighted by atomic mass is 19.1. The second-order valence-corrected chi connectivity index (χ2v) is 5.11. The molecule has 1 fully saturated rings. The standard InChI is InChI=1S/C15H19FN2O2/c1-3-13-15(20)18(9-14(19)17-13)7-6-11-4-5-12(16)8-10(11)2/h4-5,8,13H,3,6-7,9H2,1-2H3,(H,17,19). The molecule has 20 heavy (non-hydrogen) atoms. The summed E-state index contributed by atoms with van der Waals surface area (Å²) in [6.45, 7) is 4.30. The fraction of sp³-hybridized carbons (Fsp3) is 0.467. The fourth-order valence-corrected chi connectivity index (χ4v) is 2.43. The number of benzene rings is 1. The normalized spacial score (nSPS) is 19.1. The molecule has 0 aliphatic carbocycles. The Kier molecular flexibility index (Phi) is 4.37. The number of aryl methyl sites for hydroxylation is 1. The van der Waals surface area contributed by atoms with Gasteiger partial charge >= 0.3 is 0 Å². The van der Waals surface area contributed by atoms with Crippen molar-refractivity contribution < 1.29 is 14.0 Å². The lowest BCUT2D eigenvalue weighted by Gasteiger charge is -2.32. The molecular formula is C15H19FN2O2. The van der Waals surface area contributed by atoms with E-state index < -0.39 is 6.04 Å². The number of carbonyl (C=O) groups excluding carboxylic acids is 2. The van der Waals surface area contributed by atoms with Gasteiger partial charge in [-0.3, -0.25) is 9.59 Å². The Morgan fingerprint density at radius 1 is 1.40 bits per heavy atom. The van der Waals surface area contributed by atoms with Crippen molar-refractivity contribution in [3.63, 3.8) is 0 Å². The number of piperazine rings is 1. The van der Waals surface area contributed by atoms with Crippen LogP contribution in [0.2, 0.25) is 0 Å². The van der Waals surface area contributed by atoms with Crippen molar-refractivity contribution in [2.24, 2.45) is 0 Å². The Bertz CT molecular complexity index is 531. The summed E-state index contributed by atoms with van der Waals surface area (Å²) in [5, 5.41) is 2.68. The van der Waals surface area contributed by atoms with Crippen LogP contribution in [0.25, 0.3) is 0 Å². The molecule has 0 spiro atoms. The van der Waals surface area contributed by atoms with Crippen LogP contribution in [0.3, 0.4) is 0 Å². The highest BCUT2D eigenvalue weighted by Gasteiger charge is 2.30. The van der Waals surface area contributed by atoms with Crippen molar-refractivity contribution in [3.05, 3.63) is 35.1 Å². The van der Waals surface area contributed by atoms with Gasteiger partial charge in [-0.25, -0.2) is 4.39 Å². The predicted molar refractivity (Wildman–Crippen MR) is 73.6 cm³/mol. The van der Waals surface area contributed by atoms with Crippen LogP contribution >= 0.6 is 0 Å². The van der Waals surface area contributed by atoms with Gasteiger partial charge in [-0.05, 0) is 43.0 Å². The Morgan fingerprint density at radius 2 is 2.15 bits per heavy atom. The van der Waals surface area contributed by atoms with Crippen molar-refractivity contribution in [3.8, 4) is 0 Å². The number of carbonyl (C=O) groups is 2. The minimum atomic E-state index is -0.412. The molecule has 1 aliphatic rings. The summed E-state index contributed by atoms with van der Waals surface area (Å²) in [6.07, 6.45) is 1.22. The van der Waals surface area contributed by atoms with Gasteiger partial charge in [0.05, 0.1) is 6.54 Å². The van der Waals surface area contributed by atoms with E-state index in [1.165, 1.54) is 12.1 Å². The summed E-state index contributed by atoms with van der Waals surface area (Å²) in [4.78, 5) is 25.2. The Morgan fingerprint density at radius 3 is 2.80 bits per heavy atom. The number of nitrogens with zero attached hydrogens (tertiary/aromatic N) is 1. The van der Waals surface area contributed by atoms with E-state index in [0.29, 0.717) is 19.4 Å². The minimum Gasteiger partial charge on any atom is -0.343 e. The Hall–Kier alpha value is -1.91. The molecule has 1 heterocycles. The number of nitrogens with one attached hydrogen (secondary N) is 1. The van der Waals surface area contributed by atoms with Crippen LogP contribution in [0.5, 0.6) is 0 Å². The number of hydrogen-bond acceptors (Lipinski definition) is 2. The summed E-state index contributed by atoms with van der Waals surface area (Å²) in [5.41, 5.74) is 1.86. The van der Waals surface area contributed by atoms with Crippen LogP contribution < -0.4 is 5.32 Å². The quantitative estimate of drug-likeness (QED) is 0.905. The van der Waals surface area contributed by atoms with Gasteiger partial charge in [0.1, 0.15) is 11.9 Å². The Labute approximate surface area is 118 Å². The zero-order valence-electron chi connectivity index (χ0n) is 11.8. The average molecular weight is 278 g/mol. The molecule has 2 amide bonds. The molecule has 5 heteroatoms. The highest BCUT2D eigenvalue weighted by Crippen LogP contribution is 2.13. The van der Waals surface area contributed by atoms with Gasteiger partial charge in [-0.1, -0.05) is 13.0 Å². The van der Waals surface area contributed by atoms with Crippen molar-refractivity contribution in [1.29, 1.82) is 0 Å². The van der Waals surface area contributed by atoms with E-state index in [4.69, 9.17) is 0 Å². The maximum atomic E-state index is 13.0. The van der Waals surface area contributed by atoms with E-state index in [1.54, 1.807) is 11.0 Å². The zero-order chi connectivity index (χ0) is 14.7. The first-order chi connectivity index (χ1) is 9.51. The van der Waals surface area contributed by atoms with Gasteiger partial charge in [-0.15, -0.1) is 0 Å². The molecule has 0 aromatic heterocycles. The number of hydrogen-bond donors (Lipinski definition) is 1. The van der Waals surface area contributed by atoms with E-state index in [1.807, 2.05) is 13.8 Å². The minimum absolute atomic E-state index is 0.0353. The molecule has 108 valence electrons. The first-order valence-corrected chi connectivity index (χ1v) is 6.84. The van der Waals surface area contributed by atoms with Crippen LogP contribution in [-0.2, 0) is 16.0 Å². The maximum absolute atomic E-state index is 13.0. The molecule has 1 aromatic rings. The van der Waals surface area contributed by atoms with Gasteiger partial charge in [0.25, 0.3) is 0 Å². The maximum Gasteiger partial charge on any atom is 0.245 e. The summed E-state index contributed by atoms with van der Waals surface area (Å²) in [7, 11) is 0. The van der Waals surface area contributed by atoms with E-state index in [2.05, 4.69) is 5.32 Å². The molecule has 1 saturated heterocycles. The predicted octanol–water partition coefficient (Wildman–Crippen LogP) is 1.41. The van der Waals surface area contributed by atoms with Gasteiger partial charge in [0, 0.05) is 6.54 Å². The molecular weight excluding hydrogens is 259 g/mol. The summed E-state index contributed by atoms with van der Waals surface area (Å²) < 4.78 is 13.0. The second-order valence-electron chi connectivity index (χ2n) is 5.11. The molecule has 0 saturated carbocycles. The van der Waals surface area contributed by atoms with Crippen LogP contribution in [0.4, 0.5) is 4.39 Å². The first-order valence-electron chi connectivity index (χ1n) is 6.84. The molecule has 1 aliphatic heterocycles. The zero-order valence-corrected chi connectivity index (χ0v) is 11.8.